The third kappa shape index (κ3) is 4.20. The second-order valence-electron chi connectivity index (χ2n) is 5.77. The van der Waals surface area contributed by atoms with E-state index in [4.69, 9.17) is 9.15 Å². The topological polar surface area (TPSA) is 55.6 Å². The SMILES string of the molecule is CCCO[C@H]1CCCN(C(=O)Cc2coc(-c3cccs3)n2)C1. The maximum Gasteiger partial charge on any atom is 0.236 e. The van der Waals surface area contributed by atoms with Crippen LogP contribution in [0.2, 0.25) is 0 Å². The first-order chi connectivity index (χ1) is 11.3. The lowest BCUT2D eigenvalue weighted by atomic mass is 10.1. The number of amides is 1. The van der Waals surface area contributed by atoms with Crippen LogP contribution in [0.5, 0.6) is 0 Å². The zero-order valence-electron chi connectivity index (χ0n) is 13.4. The highest BCUT2D eigenvalue weighted by Crippen LogP contribution is 2.24. The van der Waals surface area contributed by atoms with E-state index in [1.54, 1.807) is 17.6 Å². The van der Waals surface area contributed by atoms with Crippen LogP contribution in [0.1, 0.15) is 31.9 Å². The molecule has 124 valence electrons. The summed E-state index contributed by atoms with van der Waals surface area (Å²) in [5.74, 6) is 0.687. The van der Waals surface area contributed by atoms with Crippen molar-refractivity contribution in [3.05, 3.63) is 29.5 Å². The number of oxazole rings is 1. The van der Waals surface area contributed by atoms with Crippen molar-refractivity contribution in [2.24, 2.45) is 0 Å². The number of carbonyl (C=O) groups excluding carboxylic acids is 1. The normalized spacial score (nSPS) is 18.3. The van der Waals surface area contributed by atoms with E-state index in [0.29, 0.717) is 18.1 Å². The van der Waals surface area contributed by atoms with Crippen LogP contribution in [-0.4, -0.2) is 41.6 Å². The van der Waals surface area contributed by atoms with Crippen LogP contribution in [-0.2, 0) is 16.0 Å². The molecular formula is C17H22N2O3S. The van der Waals surface area contributed by atoms with Gasteiger partial charge in [0, 0.05) is 19.7 Å². The lowest BCUT2D eigenvalue weighted by Gasteiger charge is -2.32. The molecule has 2 aromatic heterocycles. The second-order valence-corrected chi connectivity index (χ2v) is 6.72. The molecule has 0 bridgehead atoms. The van der Waals surface area contributed by atoms with Crippen molar-refractivity contribution in [3.8, 4) is 10.8 Å². The van der Waals surface area contributed by atoms with Gasteiger partial charge in [-0.1, -0.05) is 13.0 Å². The van der Waals surface area contributed by atoms with Gasteiger partial charge in [0.1, 0.15) is 6.26 Å². The number of rotatable bonds is 6. The quantitative estimate of drug-likeness (QED) is 0.813. The maximum absolute atomic E-state index is 12.5. The van der Waals surface area contributed by atoms with E-state index >= 15 is 0 Å². The largest absolute Gasteiger partial charge is 0.444 e. The molecule has 1 aliphatic rings. The van der Waals surface area contributed by atoms with Crippen LogP contribution >= 0.6 is 11.3 Å². The first-order valence-corrected chi connectivity index (χ1v) is 9.02. The van der Waals surface area contributed by atoms with E-state index in [-0.39, 0.29) is 18.4 Å². The molecule has 3 rings (SSSR count). The zero-order valence-corrected chi connectivity index (χ0v) is 14.2. The third-order valence-corrected chi connectivity index (χ3v) is 4.76. The van der Waals surface area contributed by atoms with Gasteiger partial charge in [0.2, 0.25) is 11.8 Å². The minimum absolute atomic E-state index is 0.0980. The molecule has 6 heteroatoms. The molecule has 1 aliphatic heterocycles. The van der Waals surface area contributed by atoms with E-state index in [2.05, 4.69) is 11.9 Å². The highest BCUT2D eigenvalue weighted by atomic mass is 32.1. The second kappa shape index (κ2) is 7.75. The van der Waals surface area contributed by atoms with Crippen molar-refractivity contribution in [1.29, 1.82) is 0 Å². The highest BCUT2D eigenvalue weighted by Gasteiger charge is 2.24. The number of aromatic nitrogens is 1. The first-order valence-electron chi connectivity index (χ1n) is 8.14. The minimum Gasteiger partial charge on any atom is -0.444 e. The smallest absolute Gasteiger partial charge is 0.236 e. The van der Waals surface area contributed by atoms with Crippen LogP contribution in [0, 0.1) is 0 Å². The van der Waals surface area contributed by atoms with Gasteiger partial charge in [-0.15, -0.1) is 11.3 Å². The monoisotopic (exact) mass is 334 g/mol. The molecular weight excluding hydrogens is 312 g/mol. The standard InChI is InChI=1S/C17H22N2O3S/c1-2-8-21-14-5-3-7-19(11-14)16(20)10-13-12-22-17(18-13)15-6-4-9-23-15/h4,6,9,12,14H,2-3,5,7-8,10-11H2,1H3/t14-/m0/s1. The molecule has 23 heavy (non-hydrogen) atoms. The molecule has 2 aromatic rings. The summed E-state index contributed by atoms with van der Waals surface area (Å²) in [4.78, 5) is 19.8. The lowest BCUT2D eigenvalue weighted by molar-refractivity contribution is -0.134. The van der Waals surface area contributed by atoms with E-state index in [0.717, 1.165) is 37.3 Å². The van der Waals surface area contributed by atoms with Gasteiger partial charge in [0.05, 0.1) is 23.1 Å². The number of ether oxygens (including phenoxy) is 1. The van der Waals surface area contributed by atoms with Crippen LogP contribution in [0.3, 0.4) is 0 Å². The molecule has 1 amide bonds. The lowest BCUT2D eigenvalue weighted by Crippen LogP contribution is -2.44. The van der Waals surface area contributed by atoms with Crippen molar-refractivity contribution >= 4 is 17.2 Å². The fourth-order valence-electron chi connectivity index (χ4n) is 2.75. The molecule has 0 saturated carbocycles. The molecule has 1 atom stereocenters. The summed E-state index contributed by atoms with van der Waals surface area (Å²) in [6, 6.07) is 3.92. The van der Waals surface area contributed by atoms with Crippen LogP contribution in [0.25, 0.3) is 10.8 Å². The van der Waals surface area contributed by atoms with E-state index in [9.17, 15) is 4.79 Å². The molecule has 1 fully saturated rings. The minimum atomic E-state index is 0.0980. The predicted octanol–water partition coefficient (Wildman–Crippen LogP) is 3.36. The Morgan fingerprint density at radius 1 is 1.57 bits per heavy atom. The maximum atomic E-state index is 12.5. The summed E-state index contributed by atoms with van der Waals surface area (Å²) in [6.07, 6.45) is 5.09. The van der Waals surface area contributed by atoms with Gasteiger partial charge in [0.25, 0.3) is 0 Å². The van der Waals surface area contributed by atoms with Gasteiger partial charge in [-0.05, 0) is 30.7 Å². The Morgan fingerprint density at radius 2 is 2.48 bits per heavy atom. The molecule has 0 aromatic carbocycles. The zero-order chi connectivity index (χ0) is 16.1. The molecule has 0 aliphatic carbocycles. The molecule has 0 unspecified atom stereocenters. The number of likely N-dealkylation sites (tertiary alicyclic amines) is 1. The molecule has 0 N–H and O–H groups in total. The number of hydrogen-bond donors (Lipinski definition) is 0. The Bertz CT molecular complexity index is 624. The van der Waals surface area contributed by atoms with E-state index < -0.39 is 0 Å². The molecule has 3 heterocycles. The van der Waals surface area contributed by atoms with Gasteiger partial charge in [-0.25, -0.2) is 4.98 Å². The number of hydrogen-bond acceptors (Lipinski definition) is 5. The number of thiophene rings is 1. The van der Waals surface area contributed by atoms with Crippen molar-refractivity contribution in [3.63, 3.8) is 0 Å². The Morgan fingerprint density at radius 3 is 3.26 bits per heavy atom. The fourth-order valence-corrected chi connectivity index (χ4v) is 3.41. The Hall–Kier alpha value is -1.66. The highest BCUT2D eigenvalue weighted by molar-refractivity contribution is 7.13. The van der Waals surface area contributed by atoms with Crippen molar-refractivity contribution in [2.75, 3.05) is 19.7 Å². The van der Waals surface area contributed by atoms with Crippen molar-refractivity contribution in [2.45, 2.75) is 38.7 Å². The molecule has 1 saturated heterocycles. The van der Waals surface area contributed by atoms with E-state index in [1.165, 1.54) is 0 Å². The van der Waals surface area contributed by atoms with Crippen molar-refractivity contribution in [1.82, 2.24) is 9.88 Å². The summed E-state index contributed by atoms with van der Waals surface area (Å²) in [7, 11) is 0. The number of carbonyl (C=O) groups is 1. The first kappa shape index (κ1) is 16.2. The van der Waals surface area contributed by atoms with Crippen LogP contribution in [0.4, 0.5) is 0 Å². The van der Waals surface area contributed by atoms with Gasteiger partial charge in [0.15, 0.2) is 0 Å². The molecule has 0 radical (unpaired) electrons. The summed E-state index contributed by atoms with van der Waals surface area (Å²) >= 11 is 1.58. The van der Waals surface area contributed by atoms with Gasteiger partial charge >= 0.3 is 0 Å². The third-order valence-electron chi connectivity index (χ3n) is 3.90. The van der Waals surface area contributed by atoms with Crippen molar-refractivity contribution < 1.29 is 13.9 Å². The molecule has 0 spiro atoms. The van der Waals surface area contributed by atoms with Gasteiger partial charge in [-0.3, -0.25) is 4.79 Å². The van der Waals surface area contributed by atoms with Gasteiger partial charge in [-0.2, -0.15) is 0 Å². The Balaban J connectivity index is 1.56. The number of nitrogens with zero attached hydrogens (tertiary/aromatic N) is 2. The Kier molecular flexibility index (Phi) is 5.46. The Labute approximate surface area is 140 Å². The molecule has 5 nitrogen and oxygen atoms in total. The fraction of sp³-hybridized carbons (Fsp3) is 0.529. The average Bonchev–Trinajstić information content (AvgIpc) is 3.24. The van der Waals surface area contributed by atoms with E-state index in [1.807, 2.05) is 22.4 Å². The van der Waals surface area contributed by atoms with Crippen LogP contribution < -0.4 is 0 Å². The summed E-state index contributed by atoms with van der Waals surface area (Å²) < 4.78 is 11.3. The summed E-state index contributed by atoms with van der Waals surface area (Å²) in [5.41, 5.74) is 0.690. The van der Waals surface area contributed by atoms with Crippen LogP contribution in [0.15, 0.2) is 28.2 Å². The summed E-state index contributed by atoms with van der Waals surface area (Å²) in [6.45, 7) is 4.36. The number of piperidine rings is 1. The predicted molar refractivity (Wildman–Crippen MR) is 89.4 cm³/mol. The average molecular weight is 334 g/mol. The van der Waals surface area contributed by atoms with Gasteiger partial charge < -0.3 is 14.1 Å². The summed E-state index contributed by atoms with van der Waals surface area (Å²) in [5, 5.41) is 1.98.